The van der Waals surface area contributed by atoms with Crippen molar-refractivity contribution in [3.63, 3.8) is 0 Å². The number of nitrogens with zero attached hydrogens (tertiary/aromatic N) is 1. The lowest BCUT2D eigenvalue weighted by Crippen LogP contribution is -2.38. The van der Waals surface area contributed by atoms with Gasteiger partial charge in [0.05, 0.1) is 13.2 Å². The standard InChI is InChI=1S/C14H30NO4P/c1-7-18-20(17,19-8-2)11-14(16)15(9-12(3)4)10-13(5)6/h12-13H,7-11H2,1-6H3. The van der Waals surface area contributed by atoms with Crippen LogP contribution < -0.4 is 0 Å². The van der Waals surface area contributed by atoms with E-state index in [-0.39, 0.29) is 25.3 Å². The maximum atomic E-state index is 12.4. The Hall–Kier alpha value is -0.380. The number of amides is 1. The van der Waals surface area contributed by atoms with E-state index in [1.807, 2.05) is 0 Å². The van der Waals surface area contributed by atoms with Crippen LogP contribution in [0, 0.1) is 11.8 Å². The van der Waals surface area contributed by atoms with Crippen LogP contribution in [0.2, 0.25) is 0 Å². The van der Waals surface area contributed by atoms with Crippen LogP contribution in [0.3, 0.4) is 0 Å². The monoisotopic (exact) mass is 307 g/mol. The molecule has 0 rings (SSSR count). The second-order valence-electron chi connectivity index (χ2n) is 5.69. The highest BCUT2D eigenvalue weighted by atomic mass is 31.2. The summed E-state index contributed by atoms with van der Waals surface area (Å²) in [5, 5.41) is 0. The molecule has 6 heteroatoms. The number of hydrogen-bond donors (Lipinski definition) is 0. The van der Waals surface area contributed by atoms with E-state index in [0.717, 1.165) is 0 Å². The minimum atomic E-state index is -3.31. The zero-order valence-corrected chi connectivity index (χ0v) is 14.6. The van der Waals surface area contributed by atoms with Crippen molar-refractivity contribution in [2.75, 3.05) is 32.5 Å². The highest BCUT2D eigenvalue weighted by molar-refractivity contribution is 7.54. The van der Waals surface area contributed by atoms with Gasteiger partial charge in [-0.25, -0.2) is 0 Å². The van der Waals surface area contributed by atoms with Crippen molar-refractivity contribution in [1.29, 1.82) is 0 Å². The Kier molecular flexibility index (Phi) is 9.36. The first-order chi connectivity index (χ1) is 9.24. The van der Waals surface area contributed by atoms with Crippen LogP contribution in [0.25, 0.3) is 0 Å². The molecule has 0 aliphatic carbocycles. The van der Waals surface area contributed by atoms with Gasteiger partial charge in [-0.2, -0.15) is 0 Å². The number of rotatable bonds is 10. The molecule has 0 atom stereocenters. The van der Waals surface area contributed by atoms with E-state index in [1.165, 1.54) is 0 Å². The van der Waals surface area contributed by atoms with Crippen molar-refractivity contribution < 1.29 is 18.4 Å². The van der Waals surface area contributed by atoms with Crippen LogP contribution in [0.1, 0.15) is 41.5 Å². The van der Waals surface area contributed by atoms with Gasteiger partial charge in [-0.05, 0) is 25.7 Å². The van der Waals surface area contributed by atoms with E-state index < -0.39 is 7.60 Å². The van der Waals surface area contributed by atoms with E-state index >= 15 is 0 Å². The Morgan fingerprint density at radius 3 is 1.70 bits per heavy atom. The van der Waals surface area contributed by atoms with Gasteiger partial charge in [-0.1, -0.05) is 27.7 Å². The Bertz CT molecular complexity index is 311. The third-order valence-electron chi connectivity index (χ3n) is 2.50. The van der Waals surface area contributed by atoms with Crippen LogP contribution in [0.15, 0.2) is 0 Å². The average molecular weight is 307 g/mol. The smallest absolute Gasteiger partial charge is 0.340 e. The van der Waals surface area contributed by atoms with Crippen LogP contribution >= 0.6 is 7.60 Å². The lowest BCUT2D eigenvalue weighted by atomic mass is 10.1. The third kappa shape index (κ3) is 8.03. The molecule has 0 aromatic carbocycles. The first-order valence-corrected chi connectivity index (χ1v) is 9.12. The van der Waals surface area contributed by atoms with Gasteiger partial charge >= 0.3 is 7.60 Å². The van der Waals surface area contributed by atoms with Gasteiger partial charge in [0.15, 0.2) is 0 Å². The molecule has 0 heterocycles. The van der Waals surface area contributed by atoms with Crippen molar-refractivity contribution in [3.05, 3.63) is 0 Å². The molecule has 5 nitrogen and oxygen atoms in total. The fourth-order valence-electron chi connectivity index (χ4n) is 1.95. The second kappa shape index (κ2) is 9.54. The summed E-state index contributed by atoms with van der Waals surface area (Å²) in [6.45, 7) is 13.6. The summed E-state index contributed by atoms with van der Waals surface area (Å²) in [6, 6.07) is 0. The van der Waals surface area contributed by atoms with E-state index in [9.17, 15) is 9.36 Å². The molecule has 0 aromatic heterocycles. The van der Waals surface area contributed by atoms with Crippen LogP contribution in [0.4, 0.5) is 0 Å². The van der Waals surface area contributed by atoms with Crippen molar-refractivity contribution >= 4 is 13.5 Å². The molecule has 120 valence electrons. The van der Waals surface area contributed by atoms with Gasteiger partial charge in [0.1, 0.15) is 6.16 Å². The normalized spacial score (nSPS) is 12.2. The molecule has 0 N–H and O–H groups in total. The zero-order chi connectivity index (χ0) is 15.8. The van der Waals surface area contributed by atoms with Crippen molar-refractivity contribution in [2.24, 2.45) is 11.8 Å². The van der Waals surface area contributed by atoms with Crippen molar-refractivity contribution in [3.8, 4) is 0 Å². The van der Waals surface area contributed by atoms with Crippen LogP contribution in [-0.4, -0.2) is 43.3 Å². The van der Waals surface area contributed by atoms with Gasteiger partial charge in [-0.15, -0.1) is 0 Å². The average Bonchev–Trinajstić information content (AvgIpc) is 2.26. The summed E-state index contributed by atoms with van der Waals surface area (Å²) < 4.78 is 22.8. The molecule has 0 unspecified atom stereocenters. The number of carbonyl (C=O) groups is 1. The van der Waals surface area contributed by atoms with E-state index in [2.05, 4.69) is 27.7 Å². The predicted octanol–water partition coefficient (Wildman–Crippen LogP) is 3.39. The molecule has 0 bridgehead atoms. The van der Waals surface area contributed by atoms with Crippen molar-refractivity contribution in [1.82, 2.24) is 4.90 Å². The summed E-state index contributed by atoms with van der Waals surface area (Å²) in [7, 11) is -3.31. The Morgan fingerprint density at radius 1 is 1.00 bits per heavy atom. The van der Waals surface area contributed by atoms with Gasteiger partial charge in [0.25, 0.3) is 0 Å². The summed E-state index contributed by atoms with van der Waals surface area (Å²) in [6.07, 6.45) is -0.172. The lowest BCUT2D eigenvalue weighted by molar-refractivity contribution is -0.129. The molecule has 0 saturated carbocycles. The maximum absolute atomic E-state index is 12.4. The zero-order valence-electron chi connectivity index (χ0n) is 13.7. The minimum Gasteiger partial charge on any atom is -0.342 e. The van der Waals surface area contributed by atoms with Crippen LogP contribution in [-0.2, 0) is 18.4 Å². The fourth-order valence-corrected chi connectivity index (χ4v) is 3.52. The Labute approximate surface area is 123 Å². The topological polar surface area (TPSA) is 55.8 Å². The van der Waals surface area contributed by atoms with E-state index in [4.69, 9.17) is 9.05 Å². The number of carbonyl (C=O) groups excluding carboxylic acids is 1. The van der Waals surface area contributed by atoms with Gasteiger partial charge in [-0.3, -0.25) is 9.36 Å². The first kappa shape index (κ1) is 19.6. The third-order valence-corrected chi connectivity index (χ3v) is 4.47. The summed E-state index contributed by atoms with van der Waals surface area (Å²) >= 11 is 0. The SMILES string of the molecule is CCOP(=O)(CC(=O)N(CC(C)C)CC(C)C)OCC. The molecule has 20 heavy (non-hydrogen) atoms. The van der Waals surface area contributed by atoms with Gasteiger partial charge in [0, 0.05) is 13.1 Å². The molecule has 0 aliphatic heterocycles. The van der Waals surface area contributed by atoms with Crippen molar-refractivity contribution in [2.45, 2.75) is 41.5 Å². The predicted molar refractivity (Wildman–Crippen MR) is 82.0 cm³/mol. The van der Waals surface area contributed by atoms with E-state index in [0.29, 0.717) is 24.9 Å². The molecule has 0 aliphatic rings. The van der Waals surface area contributed by atoms with Crippen LogP contribution in [0.5, 0.6) is 0 Å². The maximum Gasteiger partial charge on any atom is 0.340 e. The fraction of sp³-hybridized carbons (Fsp3) is 0.929. The quantitative estimate of drug-likeness (QED) is 0.580. The van der Waals surface area contributed by atoms with Gasteiger partial charge in [0.2, 0.25) is 5.91 Å². The molecule has 0 spiro atoms. The Balaban J connectivity index is 4.82. The molecule has 1 amide bonds. The largest absolute Gasteiger partial charge is 0.342 e. The lowest BCUT2D eigenvalue weighted by Gasteiger charge is -2.28. The molecule has 0 radical (unpaired) electrons. The molecular weight excluding hydrogens is 277 g/mol. The molecular formula is C14H30NO4P. The van der Waals surface area contributed by atoms with E-state index in [1.54, 1.807) is 18.7 Å². The summed E-state index contributed by atoms with van der Waals surface area (Å²) in [4.78, 5) is 14.1. The minimum absolute atomic E-state index is 0.155. The second-order valence-corrected chi connectivity index (χ2v) is 7.75. The van der Waals surface area contributed by atoms with Gasteiger partial charge < -0.3 is 13.9 Å². The molecule has 0 aromatic rings. The molecule has 0 saturated heterocycles. The number of hydrogen-bond acceptors (Lipinski definition) is 4. The molecule has 0 fully saturated rings. The first-order valence-electron chi connectivity index (χ1n) is 7.40. The highest BCUT2D eigenvalue weighted by Gasteiger charge is 2.30. The summed E-state index contributed by atoms with van der Waals surface area (Å²) in [5.41, 5.74) is 0. The highest BCUT2D eigenvalue weighted by Crippen LogP contribution is 2.48. The Morgan fingerprint density at radius 2 is 1.40 bits per heavy atom. The summed E-state index contributed by atoms with van der Waals surface area (Å²) in [5.74, 6) is 0.588.